The molecular formula is C19H19FN2O4S. The van der Waals surface area contributed by atoms with Gasteiger partial charge in [0.05, 0.1) is 16.7 Å². The molecule has 1 N–H and O–H groups in total. The van der Waals surface area contributed by atoms with Gasteiger partial charge in [-0.2, -0.15) is 0 Å². The number of amides is 1. The van der Waals surface area contributed by atoms with Gasteiger partial charge in [0, 0.05) is 30.8 Å². The monoisotopic (exact) mass is 390 g/mol. The van der Waals surface area contributed by atoms with E-state index < -0.39 is 21.9 Å². The number of rotatable bonds is 3. The Balaban J connectivity index is 1.68. The third kappa shape index (κ3) is 3.08. The van der Waals surface area contributed by atoms with Crippen molar-refractivity contribution >= 4 is 27.3 Å². The van der Waals surface area contributed by atoms with Crippen LogP contribution < -0.4 is 9.21 Å². The summed E-state index contributed by atoms with van der Waals surface area (Å²) in [7, 11) is -3.87. The zero-order valence-corrected chi connectivity index (χ0v) is 15.3. The number of halogens is 1. The van der Waals surface area contributed by atoms with Crippen LogP contribution in [0.4, 0.5) is 15.8 Å². The molecule has 4 rings (SSSR count). The Morgan fingerprint density at radius 2 is 1.81 bits per heavy atom. The molecule has 0 spiro atoms. The summed E-state index contributed by atoms with van der Waals surface area (Å²) in [5.41, 5.74) is 1.23. The van der Waals surface area contributed by atoms with Crippen molar-refractivity contribution in [2.45, 2.75) is 30.3 Å². The summed E-state index contributed by atoms with van der Waals surface area (Å²) in [4.78, 5) is 13.6. The Bertz CT molecular complexity index is 991. The van der Waals surface area contributed by atoms with Crippen LogP contribution in [0.5, 0.6) is 0 Å². The Morgan fingerprint density at radius 3 is 2.48 bits per heavy atom. The quantitative estimate of drug-likeness (QED) is 0.874. The van der Waals surface area contributed by atoms with E-state index in [0.717, 1.165) is 6.42 Å². The average Bonchev–Trinajstić information content (AvgIpc) is 3.08. The second-order valence-corrected chi connectivity index (χ2v) is 8.59. The number of carbonyl (C=O) groups is 1. The van der Waals surface area contributed by atoms with Crippen molar-refractivity contribution < 1.29 is 22.7 Å². The van der Waals surface area contributed by atoms with Gasteiger partial charge in [-0.3, -0.25) is 9.10 Å². The molecule has 2 heterocycles. The lowest BCUT2D eigenvalue weighted by Crippen LogP contribution is -2.36. The number of hydrogen-bond acceptors (Lipinski definition) is 4. The minimum absolute atomic E-state index is 0.0339. The molecule has 6 nitrogen and oxygen atoms in total. The molecule has 8 heteroatoms. The number of aliphatic hydroxyl groups excluding tert-OH is 1. The summed E-state index contributed by atoms with van der Waals surface area (Å²) >= 11 is 0. The highest BCUT2D eigenvalue weighted by atomic mass is 32.2. The van der Waals surface area contributed by atoms with Crippen LogP contribution in [0.2, 0.25) is 0 Å². The minimum Gasteiger partial charge on any atom is -0.388 e. The molecule has 0 aliphatic carbocycles. The van der Waals surface area contributed by atoms with Gasteiger partial charge in [-0.05, 0) is 55.3 Å². The summed E-state index contributed by atoms with van der Waals surface area (Å²) < 4.78 is 40.9. The number of hydrogen-bond donors (Lipinski definition) is 1. The topological polar surface area (TPSA) is 77.9 Å². The van der Waals surface area contributed by atoms with Crippen LogP contribution in [0.15, 0.2) is 47.4 Å². The molecule has 1 saturated heterocycles. The van der Waals surface area contributed by atoms with Crippen molar-refractivity contribution in [3.8, 4) is 0 Å². The first-order chi connectivity index (χ1) is 12.9. The first-order valence-corrected chi connectivity index (χ1v) is 10.2. The maximum absolute atomic E-state index is 13.5. The number of fused-ring (bicyclic) bond motifs is 1. The molecule has 2 aromatic carbocycles. The van der Waals surface area contributed by atoms with Gasteiger partial charge in [-0.25, -0.2) is 12.8 Å². The zero-order valence-electron chi connectivity index (χ0n) is 14.5. The lowest BCUT2D eigenvalue weighted by atomic mass is 10.0. The highest BCUT2D eigenvalue weighted by Gasteiger charge is 2.33. The van der Waals surface area contributed by atoms with Gasteiger partial charge in [-0.1, -0.05) is 0 Å². The normalized spacial score (nSPS) is 20.1. The highest BCUT2D eigenvalue weighted by molar-refractivity contribution is 7.92. The summed E-state index contributed by atoms with van der Waals surface area (Å²) in [5, 5.41) is 10.1. The van der Waals surface area contributed by atoms with E-state index in [2.05, 4.69) is 0 Å². The lowest BCUT2D eigenvalue weighted by molar-refractivity contribution is -0.117. The van der Waals surface area contributed by atoms with Gasteiger partial charge < -0.3 is 10.0 Å². The zero-order chi connectivity index (χ0) is 19.2. The van der Waals surface area contributed by atoms with Crippen LogP contribution in [0.3, 0.4) is 0 Å². The molecule has 1 fully saturated rings. The van der Waals surface area contributed by atoms with Gasteiger partial charge in [0.15, 0.2) is 0 Å². The van der Waals surface area contributed by atoms with E-state index in [4.69, 9.17) is 0 Å². The molecule has 0 saturated carbocycles. The van der Waals surface area contributed by atoms with Crippen LogP contribution in [0.1, 0.15) is 30.9 Å². The van der Waals surface area contributed by atoms with E-state index in [1.165, 1.54) is 34.6 Å². The molecule has 2 aliphatic rings. The Hall–Kier alpha value is -2.45. The Labute approximate surface area is 156 Å². The van der Waals surface area contributed by atoms with Crippen LogP contribution >= 0.6 is 0 Å². The summed E-state index contributed by atoms with van der Waals surface area (Å²) in [6.07, 6.45) is 0.590. The molecule has 2 aromatic rings. The predicted octanol–water partition coefficient (Wildman–Crippen LogP) is 2.58. The molecule has 0 radical (unpaired) electrons. The van der Waals surface area contributed by atoms with Crippen molar-refractivity contribution in [1.29, 1.82) is 0 Å². The van der Waals surface area contributed by atoms with E-state index in [0.29, 0.717) is 18.7 Å². The lowest BCUT2D eigenvalue weighted by Gasteiger charge is -2.33. The summed E-state index contributed by atoms with van der Waals surface area (Å²) in [6, 6.07) is 9.93. The molecule has 142 valence electrons. The Morgan fingerprint density at radius 1 is 1.07 bits per heavy atom. The van der Waals surface area contributed by atoms with Gasteiger partial charge in [0.1, 0.15) is 5.82 Å². The molecule has 1 amide bonds. The molecule has 1 atom stereocenters. The molecule has 2 aliphatic heterocycles. The van der Waals surface area contributed by atoms with E-state index in [1.807, 2.05) is 0 Å². The van der Waals surface area contributed by atoms with Crippen molar-refractivity contribution in [3.63, 3.8) is 0 Å². The molecule has 1 unspecified atom stereocenters. The fraction of sp³-hybridized carbons (Fsp3) is 0.316. The number of anilines is 2. The average molecular weight is 390 g/mol. The fourth-order valence-corrected chi connectivity index (χ4v) is 5.14. The molecular weight excluding hydrogens is 371 g/mol. The molecule has 27 heavy (non-hydrogen) atoms. The van der Waals surface area contributed by atoms with Crippen molar-refractivity contribution in [2.75, 3.05) is 22.3 Å². The highest BCUT2D eigenvalue weighted by Crippen LogP contribution is 2.37. The largest absolute Gasteiger partial charge is 0.388 e. The van der Waals surface area contributed by atoms with Crippen molar-refractivity contribution in [1.82, 2.24) is 0 Å². The SMILES string of the molecule is O=C1CCCN1c1ccc(S(=O)(=O)N2CCC(O)c3cc(F)ccc32)cc1. The second kappa shape index (κ2) is 6.61. The number of nitrogens with zero attached hydrogens (tertiary/aromatic N) is 2. The summed E-state index contributed by atoms with van der Waals surface area (Å²) in [6.45, 7) is 0.738. The van der Waals surface area contributed by atoms with E-state index in [1.54, 1.807) is 17.0 Å². The van der Waals surface area contributed by atoms with Crippen molar-refractivity contribution in [2.24, 2.45) is 0 Å². The van der Waals surface area contributed by atoms with Crippen LogP contribution in [-0.4, -0.2) is 32.5 Å². The fourth-order valence-electron chi connectivity index (χ4n) is 3.63. The summed E-state index contributed by atoms with van der Waals surface area (Å²) in [5.74, 6) is -0.488. The third-order valence-corrected chi connectivity index (χ3v) is 6.86. The standard InChI is InChI=1S/C19H19FN2O4S/c20-13-3-8-17-16(12-13)18(23)9-11-22(17)27(25,26)15-6-4-14(5-7-15)21-10-1-2-19(21)24/h3-8,12,18,23H,1-2,9-11H2. The maximum Gasteiger partial charge on any atom is 0.264 e. The van der Waals surface area contributed by atoms with Gasteiger partial charge in [0.2, 0.25) is 5.91 Å². The second-order valence-electron chi connectivity index (χ2n) is 6.73. The van der Waals surface area contributed by atoms with E-state index in [9.17, 15) is 22.7 Å². The predicted molar refractivity (Wildman–Crippen MR) is 98.5 cm³/mol. The first kappa shape index (κ1) is 17.9. The number of carbonyl (C=O) groups excluding carboxylic acids is 1. The van der Waals surface area contributed by atoms with Crippen LogP contribution in [-0.2, 0) is 14.8 Å². The number of benzene rings is 2. The van der Waals surface area contributed by atoms with Gasteiger partial charge in [-0.15, -0.1) is 0 Å². The molecule has 0 aromatic heterocycles. The minimum atomic E-state index is -3.87. The van der Waals surface area contributed by atoms with Gasteiger partial charge >= 0.3 is 0 Å². The van der Waals surface area contributed by atoms with Gasteiger partial charge in [0.25, 0.3) is 10.0 Å². The number of aliphatic hydroxyl groups is 1. The first-order valence-electron chi connectivity index (χ1n) is 8.78. The molecule has 0 bridgehead atoms. The van der Waals surface area contributed by atoms with Crippen LogP contribution in [0, 0.1) is 5.82 Å². The third-order valence-electron chi connectivity index (χ3n) is 5.03. The number of sulfonamides is 1. The van der Waals surface area contributed by atoms with Crippen molar-refractivity contribution in [3.05, 3.63) is 53.8 Å². The Kier molecular flexibility index (Phi) is 4.39. The smallest absolute Gasteiger partial charge is 0.264 e. The van der Waals surface area contributed by atoms with E-state index >= 15 is 0 Å². The maximum atomic E-state index is 13.5. The van der Waals surface area contributed by atoms with Crippen LogP contribution in [0.25, 0.3) is 0 Å². The van der Waals surface area contributed by atoms with E-state index in [-0.39, 0.29) is 35.0 Å².